The van der Waals surface area contributed by atoms with E-state index in [1.165, 1.54) is 5.56 Å². The number of rotatable bonds is 0. The summed E-state index contributed by atoms with van der Waals surface area (Å²) in [6, 6.07) is 0. The van der Waals surface area contributed by atoms with Crippen molar-refractivity contribution < 1.29 is 4.57 Å². The maximum atomic E-state index is 4.58. The minimum absolute atomic E-state index is 0.102. The summed E-state index contributed by atoms with van der Waals surface area (Å²) in [4.78, 5) is 4.58. The molecule has 0 saturated heterocycles. The van der Waals surface area contributed by atoms with Gasteiger partial charge in [0.15, 0.2) is 0 Å². The molecule has 0 aliphatic carbocycles. The van der Waals surface area contributed by atoms with Gasteiger partial charge in [0.05, 0.1) is 18.7 Å². The Morgan fingerprint density at radius 3 is 1.87 bits per heavy atom. The van der Waals surface area contributed by atoms with Crippen LogP contribution < -0.4 is 4.57 Å². The number of hydrogen-bond acceptors (Lipinski definition) is 1. The van der Waals surface area contributed by atoms with Gasteiger partial charge in [-0.2, -0.15) is 0 Å². The van der Waals surface area contributed by atoms with Crippen LogP contribution in [0.3, 0.4) is 0 Å². The monoisotopic (exact) mass is 207 g/mol. The average molecular weight is 207 g/mol. The Labute approximate surface area is 93.4 Å². The molecule has 0 aliphatic rings. The van der Waals surface area contributed by atoms with Crippen LogP contribution in [0.15, 0.2) is 12.4 Å². The minimum Gasteiger partial charge on any atom is -0.237 e. The van der Waals surface area contributed by atoms with E-state index in [0.29, 0.717) is 0 Å². The van der Waals surface area contributed by atoms with Crippen LogP contribution in [0, 0.1) is 0 Å². The van der Waals surface area contributed by atoms with Crippen molar-refractivity contribution >= 4 is 0 Å². The van der Waals surface area contributed by atoms with Crippen molar-refractivity contribution in [1.82, 2.24) is 4.98 Å². The third-order valence-electron chi connectivity index (χ3n) is 2.53. The predicted molar refractivity (Wildman–Crippen MR) is 62.8 cm³/mol. The first kappa shape index (κ1) is 12.2. The van der Waals surface area contributed by atoms with Gasteiger partial charge >= 0.3 is 5.82 Å². The predicted octanol–water partition coefficient (Wildman–Crippen LogP) is 2.50. The summed E-state index contributed by atoms with van der Waals surface area (Å²) >= 11 is 0. The Morgan fingerprint density at radius 1 is 1.00 bits per heavy atom. The largest absolute Gasteiger partial charge is 0.303 e. The SMILES string of the molecule is C[n+]1cc(C(C)(C)C)cnc1C(C)(C)C. The molecule has 0 radical (unpaired) electrons. The molecule has 1 aromatic heterocycles. The molecule has 0 bridgehead atoms. The number of aryl methyl sites for hydroxylation is 1. The van der Waals surface area contributed by atoms with Crippen molar-refractivity contribution in [3.05, 3.63) is 23.8 Å². The molecule has 0 fully saturated rings. The zero-order chi connectivity index (χ0) is 11.9. The summed E-state index contributed by atoms with van der Waals surface area (Å²) in [5.74, 6) is 1.12. The first-order chi connectivity index (χ1) is 6.62. The standard InChI is InChI=1S/C13H23N2/c1-12(2,3)10-8-14-11(13(4,5)6)15(7)9-10/h8-9H,1-7H3/q+1. The molecule has 0 saturated carbocycles. The van der Waals surface area contributed by atoms with Gasteiger partial charge in [0.25, 0.3) is 0 Å². The van der Waals surface area contributed by atoms with Gasteiger partial charge in [-0.15, -0.1) is 0 Å². The Bertz CT molecular complexity index is 354. The smallest absolute Gasteiger partial charge is 0.237 e. The van der Waals surface area contributed by atoms with Crippen molar-refractivity contribution in [3.8, 4) is 0 Å². The molecule has 0 atom stereocenters. The van der Waals surface area contributed by atoms with Crippen molar-refractivity contribution in [2.75, 3.05) is 0 Å². The summed E-state index contributed by atoms with van der Waals surface area (Å²) in [5, 5.41) is 0. The fraction of sp³-hybridized carbons (Fsp3) is 0.692. The molecule has 84 valence electrons. The van der Waals surface area contributed by atoms with E-state index in [0.717, 1.165) is 5.82 Å². The van der Waals surface area contributed by atoms with E-state index in [-0.39, 0.29) is 10.8 Å². The van der Waals surface area contributed by atoms with E-state index < -0.39 is 0 Å². The highest BCUT2D eigenvalue weighted by atomic mass is 15.0. The van der Waals surface area contributed by atoms with E-state index in [9.17, 15) is 0 Å². The summed E-state index contributed by atoms with van der Waals surface area (Å²) < 4.78 is 2.14. The van der Waals surface area contributed by atoms with E-state index >= 15 is 0 Å². The molecule has 0 unspecified atom stereocenters. The zero-order valence-electron chi connectivity index (χ0n) is 11.0. The van der Waals surface area contributed by atoms with Crippen LogP contribution in [0.5, 0.6) is 0 Å². The molecule has 1 aromatic rings. The van der Waals surface area contributed by atoms with Gasteiger partial charge in [-0.1, -0.05) is 25.8 Å². The van der Waals surface area contributed by atoms with E-state index in [1.807, 2.05) is 6.20 Å². The molecule has 1 rings (SSSR count). The van der Waals surface area contributed by atoms with Gasteiger partial charge in [0.1, 0.15) is 6.20 Å². The normalized spacial score (nSPS) is 13.0. The first-order valence-corrected chi connectivity index (χ1v) is 5.49. The van der Waals surface area contributed by atoms with E-state index in [1.54, 1.807) is 0 Å². The topological polar surface area (TPSA) is 16.8 Å². The number of aromatic nitrogens is 2. The fourth-order valence-electron chi connectivity index (χ4n) is 1.63. The van der Waals surface area contributed by atoms with Gasteiger partial charge < -0.3 is 0 Å². The van der Waals surface area contributed by atoms with Crippen LogP contribution in [-0.2, 0) is 17.9 Å². The van der Waals surface area contributed by atoms with Crippen LogP contribution in [0.2, 0.25) is 0 Å². The Hall–Kier alpha value is -0.920. The molecule has 2 heteroatoms. The summed E-state index contributed by atoms with van der Waals surface area (Å²) in [6.07, 6.45) is 4.19. The maximum absolute atomic E-state index is 4.58. The second-order valence-corrected chi connectivity index (χ2v) is 6.28. The third kappa shape index (κ3) is 2.77. The van der Waals surface area contributed by atoms with Crippen LogP contribution >= 0.6 is 0 Å². The Kier molecular flexibility index (Phi) is 2.90. The molecule has 0 amide bonds. The van der Waals surface area contributed by atoms with Crippen LogP contribution in [0.1, 0.15) is 52.9 Å². The molecule has 0 spiro atoms. The van der Waals surface area contributed by atoms with Crippen LogP contribution in [-0.4, -0.2) is 4.98 Å². The van der Waals surface area contributed by atoms with E-state index in [4.69, 9.17) is 0 Å². The third-order valence-corrected chi connectivity index (χ3v) is 2.53. The second kappa shape index (κ2) is 3.58. The van der Waals surface area contributed by atoms with Crippen molar-refractivity contribution in [1.29, 1.82) is 0 Å². The van der Waals surface area contributed by atoms with E-state index in [2.05, 4.69) is 64.3 Å². The van der Waals surface area contributed by atoms with Crippen molar-refractivity contribution in [3.63, 3.8) is 0 Å². The van der Waals surface area contributed by atoms with Crippen molar-refractivity contribution in [2.45, 2.75) is 52.4 Å². The van der Waals surface area contributed by atoms with Gasteiger partial charge in [-0.25, -0.2) is 4.57 Å². The van der Waals surface area contributed by atoms with Crippen LogP contribution in [0.25, 0.3) is 0 Å². The Balaban J connectivity index is 3.21. The summed E-state index contributed by atoms with van der Waals surface area (Å²) in [5.41, 5.74) is 1.55. The highest BCUT2D eigenvalue weighted by molar-refractivity contribution is 5.13. The lowest BCUT2D eigenvalue weighted by Gasteiger charge is -2.19. The van der Waals surface area contributed by atoms with Gasteiger partial charge in [-0.3, -0.25) is 0 Å². The lowest BCUT2D eigenvalue weighted by Crippen LogP contribution is -2.42. The molecule has 0 aliphatic heterocycles. The highest BCUT2D eigenvalue weighted by Crippen LogP contribution is 2.22. The molecular formula is C13H23N2+. The maximum Gasteiger partial charge on any atom is 0.303 e. The average Bonchev–Trinajstić information content (AvgIpc) is 1.99. The van der Waals surface area contributed by atoms with Gasteiger partial charge in [0.2, 0.25) is 0 Å². The van der Waals surface area contributed by atoms with Gasteiger partial charge in [0, 0.05) is 5.56 Å². The molecule has 2 nitrogen and oxygen atoms in total. The lowest BCUT2D eigenvalue weighted by molar-refractivity contribution is -0.686. The quantitative estimate of drug-likeness (QED) is 0.597. The summed E-state index contributed by atoms with van der Waals surface area (Å²) in [7, 11) is 2.07. The number of hydrogen-bond donors (Lipinski definition) is 0. The van der Waals surface area contributed by atoms with Gasteiger partial charge in [-0.05, 0) is 26.2 Å². The Morgan fingerprint density at radius 2 is 1.53 bits per heavy atom. The summed E-state index contributed by atoms with van der Waals surface area (Å²) in [6.45, 7) is 13.2. The molecule has 15 heavy (non-hydrogen) atoms. The molecule has 0 aromatic carbocycles. The molecule has 1 heterocycles. The zero-order valence-corrected chi connectivity index (χ0v) is 11.0. The minimum atomic E-state index is 0.102. The molecule has 0 N–H and O–H groups in total. The number of nitrogens with zero attached hydrogens (tertiary/aromatic N) is 2. The van der Waals surface area contributed by atoms with Crippen molar-refractivity contribution in [2.24, 2.45) is 7.05 Å². The fourth-order valence-corrected chi connectivity index (χ4v) is 1.63. The molecular weight excluding hydrogens is 184 g/mol. The van der Waals surface area contributed by atoms with Crippen LogP contribution in [0.4, 0.5) is 0 Å². The highest BCUT2D eigenvalue weighted by Gasteiger charge is 2.28. The first-order valence-electron chi connectivity index (χ1n) is 5.49. The second-order valence-electron chi connectivity index (χ2n) is 6.28. The lowest BCUT2D eigenvalue weighted by atomic mass is 9.88.